The Morgan fingerprint density at radius 3 is 1.41 bits per heavy atom. The Morgan fingerprint density at radius 2 is 0.892 bits per heavy atom. The molecular formula is C63H54O11. The van der Waals surface area contributed by atoms with Gasteiger partial charge in [-0.25, -0.2) is 14.4 Å². The fourth-order valence-corrected chi connectivity index (χ4v) is 8.78. The highest BCUT2D eigenvalue weighted by Gasteiger charge is 2.34. The maximum Gasteiger partial charge on any atom is 0.514 e. The zero-order valence-corrected chi connectivity index (χ0v) is 40.6. The molecule has 0 aliphatic heterocycles. The van der Waals surface area contributed by atoms with Crippen LogP contribution in [0.5, 0.6) is 23.0 Å². The monoisotopic (exact) mass is 986 g/mol. The predicted molar refractivity (Wildman–Crippen MR) is 278 cm³/mol. The summed E-state index contributed by atoms with van der Waals surface area (Å²) in [6.45, 7) is 0.211. The van der Waals surface area contributed by atoms with Crippen LogP contribution in [0.15, 0.2) is 206 Å². The molecule has 0 spiro atoms. The second kappa shape index (κ2) is 24.9. The molecule has 0 amide bonds. The molecule has 0 aromatic heterocycles. The van der Waals surface area contributed by atoms with Gasteiger partial charge in [0, 0.05) is 0 Å². The lowest BCUT2D eigenvalue weighted by atomic mass is 9.94. The Bertz CT molecular complexity index is 3060. The van der Waals surface area contributed by atoms with Gasteiger partial charge in [-0.15, -0.1) is 0 Å². The zero-order chi connectivity index (χ0) is 50.9. The summed E-state index contributed by atoms with van der Waals surface area (Å²) >= 11 is 0. The Balaban J connectivity index is 1.02. The van der Waals surface area contributed by atoms with Gasteiger partial charge in [-0.1, -0.05) is 170 Å². The standard InChI is InChI=1S/C63H54O11/c64-60(58-53(62(66)71-42-48-24-12-4-13-25-48)29-17-31-55(58)68-39-45-18-6-1-7-19-45)59-56(69-40-46-20-8-2-9-21-46)37-51(38-57(59)70-41-47-22-10-3-11-23-47)61(65)74-54-30-16-28-50(54)36-44-32-34-52(35-33-44)73-63(67)72-43-49-26-14-5-15-27-49/h1-15,17-27,29,31-35,37-38,50,54H,16,28,30,36,39-43H2/t50-,54-/m1/s1. The topological polar surface area (TPSA) is 133 Å². The lowest BCUT2D eigenvalue weighted by Crippen LogP contribution is -2.24. The summed E-state index contributed by atoms with van der Waals surface area (Å²) in [5.74, 6) is -1.46. The predicted octanol–water partition coefficient (Wildman–Crippen LogP) is 13.3. The average Bonchev–Trinajstić information content (AvgIpc) is 3.89. The molecule has 0 heterocycles. The van der Waals surface area contributed by atoms with Crippen LogP contribution in [0.4, 0.5) is 4.79 Å². The van der Waals surface area contributed by atoms with Crippen molar-refractivity contribution in [1.82, 2.24) is 0 Å². The summed E-state index contributed by atoms with van der Waals surface area (Å²) in [7, 11) is 0. The van der Waals surface area contributed by atoms with E-state index in [0.717, 1.165) is 46.2 Å². The van der Waals surface area contributed by atoms with Crippen LogP contribution in [0, 0.1) is 5.92 Å². The summed E-state index contributed by atoms with van der Waals surface area (Å²) in [5.41, 5.74) is 5.03. The molecule has 372 valence electrons. The first-order chi connectivity index (χ1) is 36.3. The Kier molecular flexibility index (Phi) is 16.8. The van der Waals surface area contributed by atoms with Gasteiger partial charge in [0.05, 0.1) is 16.7 Å². The molecule has 0 radical (unpaired) electrons. The number of carbonyl (C=O) groups excluding carboxylic acids is 4. The maximum atomic E-state index is 15.7. The van der Waals surface area contributed by atoms with Gasteiger partial charge in [0.1, 0.15) is 67.7 Å². The van der Waals surface area contributed by atoms with Gasteiger partial charge in [-0.2, -0.15) is 0 Å². The van der Waals surface area contributed by atoms with E-state index >= 15 is 4.79 Å². The van der Waals surface area contributed by atoms with E-state index in [-0.39, 0.29) is 78.5 Å². The van der Waals surface area contributed by atoms with Crippen molar-refractivity contribution in [3.63, 3.8) is 0 Å². The summed E-state index contributed by atoms with van der Waals surface area (Å²) in [6.07, 6.45) is 1.72. The quantitative estimate of drug-likeness (QED) is 0.0295. The smallest absolute Gasteiger partial charge is 0.488 e. The van der Waals surface area contributed by atoms with E-state index in [4.69, 9.17) is 33.2 Å². The van der Waals surface area contributed by atoms with Crippen LogP contribution in [0.1, 0.15) is 89.3 Å². The normalized spacial score (nSPS) is 13.8. The molecule has 0 saturated heterocycles. The first-order valence-electron chi connectivity index (χ1n) is 24.6. The molecule has 8 aromatic rings. The van der Waals surface area contributed by atoms with Crippen molar-refractivity contribution in [2.45, 2.75) is 64.8 Å². The van der Waals surface area contributed by atoms with Crippen LogP contribution in [0.2, 0.25) is 0 Å². The number of ether oxygens (including phenoxy) is 7. The fourth-order valence-electron chi connectivity index (χ4n) is 8.78. The third-order valence-electron chi connectivity index (χ3n) is 12.6. The van der Waals surface area contributed by atoms with Gasteiger partial charge in [0.2, 0.25) is 5.78 Å². The molecule has 0 unspecified atom stereocenters. The van der Waals surface area contributed by atoms with Crippen LogP contribution in [0.3, 0.4) is 0 Å². The van der Waals surface area contributed by atoms with Crippen LogP contribution in [-0.2, 0) is 53.7 Å². The summed E-state index contributed by atoms with van der Waals surface area (Å²) in [6, 6.07) is 62.0. The third kappa shape index (κ3) is 13.5. The van der Waals surface area contributed by atoms with E-state index in [1.165, 1.54) is 18.2 Å². The molecule has 2 atom stereocenters. The van der Waals surface area contributed by atoms with Crippen molar-refractivity contribution in [1.29, 1.82) is 0 Å². The van der Waals surface area contributed by atoms with Gasteiger partial charge in [-0.05, 0) is 101 Å². The average molecular weight is 987 g/mol. The third-order valence-corrected chi connectivity index (χ3v) is 12.6. The molecule has 9 rings (SSSR count). The van der Waals surface area contributed by atoms with Crippen LogP contribution in [0.25, 0.3) is 0 Å². The number of carbonyl (C=O) groups is 4. The number of hydrogen-bond acceptors (Lipinski definition) is 11. The molecule has 1 aliphatic rings. The first kappa shape index (κ1) is 50.0. The van der Waals surface area contributed by atoms with Crippen molar-refractivity contribution in [2.75, 3.05) is 0 Å². The zero-order valence-electron chi connectivity index (χ0n) is 40.6. The van der Waals surface area contributed by atoms with Gasteiger partial charge in [-0.3, -0.25) is 4.79 Å². The van der Waals surface area contributed by atoms with Gasteiger partial charge in [0.25, 0.3) is 0 Å². The number of rotatable bonds is 21. The maximum absolute atomic E-state index is 15.7. The van der Waals surface area contributed by atoms with E-state index in [0.29, 0.717) is 18.6 Å². The summed E-state index contributed by atoms with van der Waals surface area (Å²) in [5, 5.41) is 0. The molecule has 1 fully saturated rings. The van der Waals surface area contributed by atoms with Crippen LogP contribution < -0.4 is 18.9 Å². The highest BCUT2D eigenvalue weighted by atomic mass is 16.7. The minimum atomic E-state index is -0.800. The minimum Gasteiger partial charge on any atom is -0.488 e. The Hall–Kier alpha value is -8.96. The highest BCUT2D eigenvalue weighted by Crippen LogP contribution is 2.39. The molecule has 74 heavy (non-hydrogen) atoms. The van der Waals surface area contributed by atoms with E-state index < -0.39 is 30.0 Å². The highest BCUT2D eigenvalue weighted by molar-refractivity contribution is 6.19. The van der Waals surface area contributed by atoms with Crippen molar-refractivity contribution >= 4 is 23.9 Å². The van der Waals surface area contributed by atoms with Crippen molar-refractivity contribution in [2.24, 2.45) is 5.92 Å². The fraction of sp³-hybridized carbons (Fsp3) is 0.175. The molecule has 11 heteroatoms. The Labute approximate surface area is 430 Å². The number of hydrogen-bond donors (Lipinski definition) is 0. The van der Waals surface area contributed by atoms with Gasteiger partial charge >= 0.3 is 18.1 Å². The van der Waals surface area contributed by atoms with Gasteiger partial charge in [0.15, 0.2) is 0 Å². The second-order valence-corrected chi connectivity index (χ2v) is 17.8. The van der Waals surface area contributed by atoms with Crippen molar-refractivity contribution in [3.05, 3.63) is 262 Å². The molecule has 0 bridgehead atoms. The molecule has 1 aliphatic carbocycles. The summed E-state index contributed by atoms with van der Waals surface area (Å²) in [4.78, 5) is 56.8. The Morgan fingerprint density at radius 1 is 0.419 bits per heavy atom. The lowest BCUT2D eigenvalue weighted by Gasteiger charge is -2.22. The van der Waals surface area contributed by atoms with Crippen molar-refractivity contribution in [3.8, 4) is 23.0 Å². The molecule has 0 N–H and O–H groups in total. The largest absolute Gasteiger partial charge is 0.514 e. The lowest BCUT2D eigenvalue weighted by molar-refractivity contribution is 0.0206. The number of ketones is 1. The van der Waals surface area contributed by atoms with Crippen LogP contribution in [-0.4, -0.2) is 30.0 Å². The number of benzene rings is 8. The second-order valence-electron chi connectivity index (χ2n) is 17.8. The van der Waals surface area contributed by atoms with E-state index in [9.17, 15) is 14.4 Å². The van der Waals surface area contributed by atoms with Crippen LogP contribution >= 0.6 is 0 Å². The molecule has 11 nitrogen and oxygen atoms in total. The molecule has 8 aromatic carbocycles. The van der Waals surface area contributed by atoms with E-state index in [1.807, 2.05) is 164 Å². The number of esters is 2. The molecular weight excluding hydrogens is 933 g/mol. The first-order valence-corrected chi connectivity index (χ1v) is 24.6. The van der Waals surface area contributed by atoms with E-state index in [2.05, 4.69) is 0 Å². The molecule has 1 saturated carbocycles. The minimum absolute atomic E-state index is 0.00235. The van der Waals surface area contributed by atoms with Crippen molar-refractivity contribution < 1.29 is 52.3 Å². The van der Waals surface area contributed by atoms with Gasteiger partial charge < -0.3 is 33.2 Å². The SMILES string of the molecule is O=C(OCc1ccccc1)Oc1ccc(C[C@H]2CCC[C@H]2OC(=O)c2cc(OCc3ccccc3)c(C(=O)c3c(OCc4ccccc4)cccc3C(=O)OCc3ccccc3)c(OCc3ccccc3)c2)cc1. The van der Waals surface area contributed by atoms with E-state index in [1.54, 1.807) is 24.3 Å². The summed E-state index contributed by atoms with van der Waals surface area (Å²) < 4.78 is 42.4.